The molecule has 2 N–H and O–H groups in total. The summed E-state index contributed by atoms with van der Waals surface area (Å²) < 4.78 is 0. The topological polar surface area (TPSA) is 92.5 Å². The highest BCUT2D eigenvalue weighted by Crippen LogP contribution is 2.24. The molecule has 0 spiro atoms. The lowest BCUT2D eigenvalue weighted by atomic mass is 9.92. The lowest BCUT2D eigenvalue weighted by Crippen LogP contribution is -2.32. The normalized spacial score (nSPS) is 13.1. The van der Waals surface area contributed by atoms with E-state index in [4.69, 9.17) is 0 Å². The highest BCUT2D eigenvalue weighted by atomic mass is 16.6. The van der Waals surface area contributed by atoms with E-state index >= 15 is 0 Å². The number of nitrogens with one attached hydrogen (secondary N) is 1. The summed E-state index contributed by atoms with van der Waals surface area (Å²) in [6.07, 6.45) is -0.127. The lowest BCUT2D eigenvalue weighted by Gasteiger charge is -2.23. The van der Waals surface area contributed by atoms with Gasteiger partial charge in [0.2, 0.25) is 5.91 Å². The van der Waals surface area contributed by atoms with E-state index in [0.717, 1.165) is 0 Å². The Bertz CT molecular complexity index is 699. The van der Waals surface area contributed by atoms with Gasteiger partial charge in [-0.1, -0.05) is 48.5 Å². The molecule has 0 aromatic heterocycles. The largest absolute Gasteiger partial charge is 0.385 e. The van der Waals surface area contributed by atoms with Crippen LogP contribution in [0, 0.1) is 10.1 Å². The van der Waals surface area contributed by atoms with Crippen LogP contribution in [0.15, 0.2) is 54.6 Å². The van der Waals surface area contributed by atoms with E-state index in [1.807, 2.05) is 6.07 Å². The van der Waals surface area contributed by atoms with Crippen molar-refractivity contribution in [1.82, 2.24) is 5.32 Å². The molecule has 1 unspecified atom stereocenters. The molecule has 0 aliphatic heterocycles. The average molecular weight is 314 g/mol. The van der Waals surface area contributed by atoms with E-state index in [1.165, 1.54) is 6.07 Å². The van der Waals surface area contributed by atoms with Crippen LogP contribution >= 0.6 is 0 Å². The van der Waals surface area contributed by atoms with Gasteiger partial charge in [0.1, 0.15) is 0 Å². The molecule has 6 nitrogen and oxygen atoms in total. The third kappa shape index (κ3) is 4.37. The van der Waals surface area contributed by atoms with E-state index in [-0.39, 0.29) is 24.6 Å². The Balaban J connectivity index is 2.00. The number of benzene rings is 2. The Labute approximate surface area is 133 Å². The molecule has 120 valence electrons. The molecule has 0 saturated carbocycles. The summed E-state index contributed by atoms with van der Waals surface area (Å²) in [5.74, 6) is -0.378. The van der Waals surface area contributed by atoms with Crippen molar-refractivity contribution >= 4 is 11.6 Å². The summed E-state index contributed by atoms with van der Waals surface area (Å²) in [6.45, 7) is 1.60. The highest BCUT2D eigenvalue weighted by Gasteiger charge is 2.26. The van der Waals surface area contributed by atoms with Crippen LogP contribution in [0.2, 0.25) is 0 Å². The van der Waals surface area contributed by atoms with Gasteiger partial charge >= 0.3 is 0 Å². The minimum absolute atomic E-state index is 0.0392. The van der Waals surface area contributed by atoms with Gasteiger partial charge in [0.25, 0.3) is 5.69 Å². The van der Waals surface area contributed by atoms with Gasteiger partial charge in [-0.2, -0.15) is 0 Å². The number of amides is 1. The Morgan fingerprint density at radius 1 is 1.17 bits per heavy atom. The molecule has 0 radical (unpaired) electrons. The maximum atomic E-state index is 12.0. The molecular formula is C17H18N2O4. The number of carbonyl (C=O) groups excluding carboxylic acids is 1. The standard InChI is InChI=1S/C17H18N2O4/c1-17(21,14-8-3-2-4-9-14)11-16(20)18-12-13-7-5-6-10-15(13)19(22)23/h2-10,21H,11-12H2,1H3,(H,18,20). The van der Waals surface area contributed by atoms with Crippen LogP contribution in [-0.4, -0.2) is 15.9 Å². The van der Waals surface area contributed by atoms with Crippen LogP contribution in [0.25, 0.3) is 0 Å². The van der Waals surface area contributed by atoms with Crippen molar-refractivity contribution in [1.29, 1.82) is 0 Å². The molecule has 0 aliphatic rings. The number of nitro benzene ring substituents is 1. The number of nitrogens with zero attached hydrogens (tertiary/aromatic N) is 1. The molecule has 6 heteroatoms. The monoisotopic (exact) mass is 314 g/mol. The van der Waals surface area contributed by atoms with Crippen molar-refractivity contribution in [2.75, 3.05) is 0 Å². The van der Waals surface area contributed by atoms with E-state index in [2.05, 4.69) is 5.32 Å². The van der Waals surface area contributed by atoms with Crippen molar-refractivity contribution in [2.24, 2.45) is 0 Å². The Kier molecular flexibility index (Phi) is 5.08. The molecule has 0 heterocycles. The summed E-state index contributed by atoms with van der Waals surface area (Å²) in [6, 6.07) is 15.1. The van der Waals surface area contributed by atoms with E-state index in [9.17, 15) is 20.0 Å². The molecule has 0 bridgehead atoms. The molecule has 2 aromatic carbocycles. The highest BCUT2D eigenvalue weighted by molar-refractivity contribution is 5.77. The molecule has 0 fully saturated rings. The second-order valence-corrected chi connectivity index (χ2v) is 5.48. The van der Waals surface area contributed by atoms with Gasteiger partial charge in [-0.15, -0.1) is 0 Å². The summed E-state index contributed by atoms with van der Waals surface area (Å²) in [5, 5.41) is 24.0. The predicted molar refractivity (Wildman–Crippen MR) is 85.6 cm³/mol. The molecule has 1 atom stereocenters. The number of carbonyl (C=O) groups is 1. The van der Waals surface area contributed by atoms with Gasteiger partial charge in [-0.05, 0) is 12.5 Å². The quantitative estimate of drug-likeness (QED) is 0.633. The van der Waals surface area contributed by atoms with Crippen LogP contribution in [0.4, 0.5) is 5.69 Å². The average Bonchev–Trinajstić information content (AvgIpc) is 2.53. The number of hydrogen-bond donors (Lipinski definition) is 2. The summed E-state index contributed by atoms with van der Waals surface area (Å²) >= 11 is 0. The summed E-state index contributed by atoms with van der Waals surface area (Å²) in [5.41, 5.74) is -0.276. The maximum absolute atomic E-state index is 12.0. The first-order valence-corrected chi connectivity index (χ1v) is 7.17. The molecule has 2 rings (SSSR count). The predicted octanol–water partition coefficient (Wildman–Crippen LogP) is 2.51. The first kappa shape index (κ1) is 16.6. The lowest BCUT2D eigenvalue weighted by molar-refractivity contribution is -0.385. The molecule has 2 aromatic rings. The Morgan fingerprint density at radius 2 is 1.78 bits per heavy atom. The first-order chi connectivity index (χ1) is 10.9. The fourth-order valence-electron chi connectivity index (χ4n) is 2.31. The number of nitro groups is 1. The van der Waals surface area contributed by atoms with Crippen molar-refractivity contribution in [2.45, 2.75) is 25.5 Å². The van der Waals surface area contributed by atoms with Crippen molar-refractivity contribution in [3.8, 4) is 0 Å². The number of rotatable bonds is 6. The van der Waals surface area contributed by atoms with Gasteiger partial charge in [0, 0.05) is 18.2 Å². The zero-order valence-corrected chi connectivity index (χ0v) is 12.7. The number of hydrogen-bond acceptors (Lipinski definition) is 4. The Morgan fingerprint density at radius 3 is 2.43 bits per heavy atom. The van der Waals surface area contributed by atoms with Gasteiger partial charge in [-0.3, -0.25) is 14.9 Å². The molecular weight excluding hydrogens is 296 g/mol. The van der Waals surface area contributed by atoms with Crippen LogP contribution in [0.3, 0.4) is 0 Å². The van der Waals surface area contributed by atoms with E-state index in [1.54, 1.807) is 49.4 Å². The summed E-state index contributed by atoms with van der Waals surface area (Å²) in [4.78, 5) is 22.5. The molecule has 1 amide bonds. The fourth-order valence-corrected chi connectivity index (χ4v) is 2.31. The number of para-hydroxylation sites is 1. The summed E-state index contributed by atoms with van der Waals surface area (Å²) in [7, 11) is 0. The third-order valence-electron chi connectivity index (χ3n) is 3.56. The van der Waals surface area contributed by atoms with Gasteiger partial charge < -0.3 is 10.4 Å². The second-order valence-electron chi connectivity index (χ2n) is 5.48. The van der Waals surface area contributed by atoms with Gasteiger partial charge in [0.05, 0.1) is 16.9 Å². The van der Waals surface area contributed by atoms with Crippen molar-refractivity contribution < 1.29 is 14.8 Å². The van der Waals surface area contributed by atoms with Crippen LogP contribution in [0.5, 0.6) is 0 Å². The van der Waals surface area contributed by atoms with Gasteiger partial charge in [0.15, 0.2) is 0 Å². The van der Waals surface area contributed by atoms with Crippen LogP contribution < -0.4 is 5.32 Å². The van der Waals surface area contributed by atoms with E-state index in [0.29, 0.717) is 11.1 Å². The van der Waals surface area contributed by atoms with Crippen molar-refractivity contribution in [3.63, 3.8) is 0 Å². The van der Waals surface area contributed by atoms with Gasteiger partial charge in [-0.25, -0.2) is 0 Å². The van der Waals surface area contributed by atoms with Crippen molar-refractivity contribution in [3.05, 3.63) is 75.8 Å². The third-order valence-corrected chi connectivity index (χ3v) is 3.56. The van der Waals surface area contributed by atoms with E-state index < -0.39 is 10.5 Å². The molecule has 23 heavy (non-hydrogen) atoms. The second kappa shape index (κ2) is 7.02. The van der Waals surface area contributed by atoms with Crippen LogP contribution in [-0.2, 0) is 16.9 Å². The minimum atomic E-state index is -1.30. The molecule has 0 aliphatic carbocycles. The van der Waals surface area contributed by atoms with Crippen LogP contribution in [0.1, 0.15) is 24.5 Å². The molecule has 0 saturated heterocycles. The Hall–Kier alpha value is -2.73. The smallest absolute Gasteiger partial charge is 0.274 e. The zero-order valence-electron chi connectivity index (χ0n) is 12.7. The fraction of sp³-hybridized carbons (Fsp3) is 0.235. The SMILES string of the molecule is CC(O)(CC(=O)NCc1ccccc1[N+](=O)[O-])c1ccccc1. The zero-order chi connectivity index (χ0) is 16.9. The number of aliphatic hydroxyl groups is 1. The first-order valence-electron chi connectivity index (χ1n) is 7.17. The minimum Gasteiger partial charge on any atom is -0.385 e. The maximum Gasteiger partial charge on any atom is 0.274 e.